The van der Waals surface area contributed by atoms with Gasteiger partial charge in [-0.05, 0) is 24.2 Å². The fourth-order valence-electron chi connectivity index (χ4n) is 2.53. The molecule has 92 valence electrons. The Bertz CT molecular complexity index is 284. The van der Waals surface area contributed by atoms with Gasteiger partial charge in [0.1, 0.15) is 0 Å². The van der Waals surface area contributed by atoms with E-state index in [1.807, 2.05) is 11.8 Å². The van der Waals surface area contributed by atoms with Gasteiger partial charge in [0.15, 0.2) is 5.17 Å². The van der Waals surface area contributed by atoms with Gasteiger partial charge in [0.05, 0.1) is 6.04 Å². The summed E-state index contributed by atoms with van der Waals surface area (Å²) in [7, 11) is 0. The number of amidine groups is 1. The molecule has 16 heavy (non-hydrogen) atoms. The molecule has 0 bridgehead atoms. The molecule has 1 saturated carbocycles. The minimum absolute atomic E-state index is 0.408. The van der Waals surface area contributed by atoms with Crippen LogP contribution < -0.4 is 5.32 Å². The van der Waals surface area contributed by atoms with E-state index in [1.165, 1.54) is 30.2 Å². The maximum absolute atomic E-state index is 4.93. The van der Waals surface area contributed by atoms with Crippen molar-refractivity contribution in [3.05, 3.63) is 0 Å². The van der Waals surface area contributed by atoms with Crippen LogP contribution in [-0.4, -0.2) is 23.0 Å². The molecule has 1 unspecified atom stereocenters. The smallest absolute Gasteiger partial charge is 0.157 e. The number of rotatable bonds is 2. The van der Waals surface area contributed by atoms with Crippen LogP contribution >= 0.6 is 11.8 Å². The number of nitrogens with one attached hydrogen (secondary N) is 1. The summed E-state index contributed by atoms with van der Waals surface area (Å²) in [4.78, 5) is 4.93. The Kier molecular flexibility index (Phi) is 3.53. The van der Waals surface area contributed by atoms with Crippen molar-refractivity contribution in [1.29, 1.82) is 0 Å². The third kappa shape index (κ3) is 2.55. The second kappa shape index (κ2) is 4.59. The van der Waals surface area contributed by atoms with Crippen LogP contribution in [0, 0.1) is 11.3 Å². The first kappa shape index (κ1) is 12.3. The highest BCUT2D eigenvalue weighted by atomic mass is 32.2. The van der Waals surface area contributed by atoms with E-state index in [0.29, 0.717) is 23.4 Å². The fraction of sp³-hybridized carbons (Fsp3) is 0.923. The van der Waals surface area contributed by atoms with Crippen LogP contribution in [0.25, 0.3) is 0 Å². The Morgan fingerprint density at radius 3 is 2.69 bits per heavy atom. The van der Waals surface area contributed by atoms with Gasteiger partial charge in [-0.1, -0.05) is 45.9 Å². The van der Waals surface area contributed by atoms with Gasteiger partial charge in [-0.25, -0.2) is 0 Å². The van der Waals surface area contributed by atoms with E-state index in [2.05, 4.69) is 33.0 Å². The third-order valence-electron chi connectivity index (χ3n) is 3.99. The highest BCUT2D eigenvalue weighted by molar-refractivity contribution is 8.14. The molecule has 0 aromatic rings. The van der Waals surface area contributed by atoms with Crippen molar-refractivity contribution in [3.63, 3.8) is 0 Å². The van der Waals surface area contributed by atoms with Crippen molar-refractivity contribution in [3.8, 4) is 0 Å². The molecule has 1 saturated heterocycles. The van der Waals surface area contributed by atoms with Gasteiger partial charge >= 0.3 is 0 Å². The molecule has 2 atom stereocenters. The van der Waals surface area contributed by atoms with Crippen molar-refractivity contribution in [2.24, 2.45) is 16.3 Å². The fourth-order valence-corrected chi connectivity index (χ4v) is 3.78. The van der Waals surface area contributed by atoms with Gasteiger partial charge in [-0.15, -0.1) is 0 Å². The highest BCUT2D eigenvalue weighted by Gasteiger charge is 2.35. The zero-order chi connectivity index (χ0) is 11.8. The van der Waals surface area contributed by atoms with E-state index in [0.717, 1.165) is 0 Å². The predicted molar refractivity (Wildman–Crippen MR) is 73.1 cm³/mol. The topological polar surface area (TPSA) is 24.4 Å². The van der Waals surface area contributed by atoms with Crippen LogP contribution in [0.1, 0.15) is 47.0 Å². The molecule has 0 amide bonds. The average molecular weight is 240 g/mol. The Morgan fingerprint density at radius 2 is 2.19 bits per heavy atom. The molecule has 0 aromatic carbocycles. The van der Waals surface area contributed by atoms with Crippen LogP contribution in [0.3, 0.4) is 0 Å². The molecule has 3 heteroatoms. The molecule has 2 rings (SSSR count). The zero-order valence-electron chi connectivity index (χ0n) is 10.9. The third-order valence-corrected chi connectivity index (χ3v) is 5.01. The molecule has 0 spiro atoms. The molecule has 1 N–H and O–H groups in total. The van der Waals surface area contributed by atoms with E-state index in [-0.39, 0.29) is 0 Å². The molecule has 1 aliphatic carbocycles. The van der Waals surface area contributed by atoms with Crippen LogP contribution in [-0.2, 0) is 0 Å². The van der Waals surface area contributed by atoms with Gasteiger partial charge in [0.2, 0.25) is 0 Å². The van der Waals surface area contributed by atoms with E-state index >= 15 is 0 Å². The maximum atomic E-state index is 4.93. The average Bonchev–Trinajstić information content (AvgIpc) is 2.75. The van der Waals surface area contributed by atoms with Crippen molar-refractivity contribution >= 4 is 16.9 Å². The standard InChI is InChI=1S/C13H24N2S/c1-9(2)10-8-16-12(14-10)15-11-6-5-7-13(11,3)4/h9-11H,5-8H2,1-4H3,(H,14,15)/t10-,11?/m1/s1. The van der Waals surface area contributed by atoms with Crippen molar-refractivity contribution < 1.29 is 0 Å². The van der Waals surface area contributed by atoms with Gasteiger partial charge < -0.3 is 5.32 Å². The lowest BCUT2D eigenvalue weighted by Crippen LogP contribution is -2.33. The van der Waals surface area contributed by atoms with Crippen LogP contribution in [0.15, 0.2) is 4.99 Å². The summed E-state index contributed by atoms with van der Waals surface area (Å²) in [5.41, 5.74) is 0.408. The van der Waals surface area contributed by atoms with Gasteiger partial charge in [0.25, 0.3) is 0 Å². The lowest BCUT2D eigenvalue weighted by atomic mass is 9.88. The zero-order valence-corrected chi connectivity index (χ0v) is 11.7. The summed E-state index contributed by atoms with van der Waals surface area (Å²) in [5.74, 6) is 1.89. The quantitative estimate of drug-likeness (QED) is 0.801. The minimum atomic E-state index is 0.408. The molecule has 1 heterocycles. The van der Waals surface area contributed by atoms with E-state index < -0.39 is 0 Å². The summed E-state index contributed by atoms with van der Waals surface area (Å²) < 4.78 is 0. The number of aliphatic imine (C=N–C) groups is 1. The van der Waals surface area contributed by atoms with Gasteiger partial charge in [0, 0.05) is 11.8 Å². The molecule has 2 aliphatic rings. The summed E-state index contributed by atoms with van der Waals surface area (Å²) in [6.45, 7) is 9.27. The molecular formula is C13H24N2S. The van der Waals surface area contributed by atoms with E-state index in [9.17, 15) is 0 Å². The first-order chi connectivity index (χ1) is 7.49. The minimum Gasteiger partial charge on any atom is -0.361 e. The van der Waals surface area contributed by atoms with Crippen LogP contribution in [0.4, 0.5) is 0 Å². The first-order valence-corrected chi connectivity index (χ1v) is 7.45. The van der Waals surface area contributed by atoms with E-state index in [1.54, 1.807) is 0 Å². The Hall–Kier alpha value is -0.180. The summed E-state index contributed by atoms with van der Waals surface area (Å²) in [6, 6.07) is 1.15. The lowest BCUT2D eigenvalue weighted by Gasteiger charge is -2.24. The van der Waals surface area contributed by atoms with Crippen molar-refractivity contribution in [1.82, 2.24) is 5.32 Å². The number of hydrogen-bond donors (Lipinski definition) is 1. The normalized spacial score (nSPS) is 35.9. The monoisotopic (exact) mass is 240 g/mol. The van der Waals surface area contributed by atoms with Crippen LogP contribution in [0.5, 0.6) is 0 Å². The van der Waals surface area contributed by atoms with E-state index in [4.69, 9.17) is 4.99 Å². The predicted octanol–water partition coefficient (Wildman–Crippen LogP) is 3.28. The number of hydrogen-bond acceptors (Lipinski definition) is 2. The molecular weight excluding hydrogens is 216 g/mol. The summed E-state index contributed by atoms with van der Waals surface area (Å²) in [6.07, 6.45) is 3.94. The Balaban J connectivity index is 1.98. The maximum Gasteiger partial charge on any atom is 0.157 e. The second-order valence-corrected chi connectivity index (χ2v) is 7.15. The molecule has 2 nitrogen and oxygen atoms in total. The Morgan fingerprint density at radius 1 is 1.44 bits per heavy atom. The first-order valence-electron chi connectivity index (χ1n) is 6.46. The lowest BCUT2D eigenvalue weighted by molar-refractivity contribution is 0.334. The van der Waals surface area contributed by atoms with Crippen molar-refractivity contribution in [2.45, 2.75) is 59.0 Å². The second-order valence-electron chi connectivity index (χ2n) is 6.14. The molecule has 0 aromatic heterocycles. The Labute approximate surface area is 104 Å². The van der Waals surface area contributed by atoms with Gasteiger partial charge in [-0.3, -0.25) is 4.99 Å². The highest BCUT2D eigenvalue weighted by Crippen LogP contribution is 2.40. The van der Waals surface area contributed by atoms with Gasteiger partial charge in [-0.2, -0.15) is 0 Å². The summed E-state index contributed by atoms with van der Waals surface area (Å²) in [5, 5.41) is 4.76. The number of nitrogens with zero attached hydrogens (tertiary/aromatic N) is 1. The molecule has 0 radical (unpaired) electrons. The molecule has 2 fully saturated rings. The largest absolute Gasteiger partial charge is 0.361 e. The van der Waals surface area contributed by atoms with Crippen molar-refractivity contribution in [2.75, 3.05) is 5.75 Å². The number of thioether (sulfide) groups is 1. The van der Waals surface area contributed by atoms with Crippen LogP contribution in [0.2, 0.25) is 0 Å². The molecule has 1 aliphatic heterocycles. The SMILES string of the molecule is CC(C)[C@H]1CSC(=NC2CCCC2(C)C)N1. The summed E-state index contributed by atoms with van der Waals surface area (Å²) >= 11 is 1.91.